The van der Waals surface area contributed by atoms with Crippen molar-refractivity contribution in [3.05, 3.63) is 69.8 Å². The highest BCUT2D eigenvalue weighted by molar-refractivity contribution is 5.83. The standard InChI is InChI=1S/C21H23N3O2/c25-20(10-3-5-14-13-22-17-7-2-1-6-15(14)17)23-18-8-4-9-19-16(18)11-12-21(26)24-19/h1-2,6-7,11-13,18,22H,3-5,8-10H2,(H,23,25)(H,24,26)/t18-/m1/s1. The number of rotatable bonds is 5. The number of aromatic amines is 2. The number of hydrogen-bond donors (Lipinski definition) is 3. The van der Waals surface area contributed by atoms with Gasteiger partial charge < -0.3 is 15.3 Å². The fraction of sp³-hybridized carbons (Fsp3) is 0.333. The van der Waals surface area contributed by atoms with Gasteiger partial charge in [0.2, 0.25) is 11.5 Å². The molecule has 0 saturated heterocycles. The quantitative estimate of drug-likeness (QED) is 0.660. The third-order valence-electron chi connectivity index (χ3n) is 5.19. The van der Waals surface area contributed by atoms with Gasteiger partial charge in [0.1, 0.15) is 0 Å². The first-order valence-electron chi connectivity index (χ1n) is 9.27. The van der Waals surface area contributed by atoms with Crippen LogP contribution >= 0.6 is 0 Å². The van der Waals surface area contributed by atoms with E-state index in [1.807, 2.05) is 24.4 Å². The van der Waals surface area contributed by atoms with E-state index < -0.39 is 0 Å². The largest absolute Gasteiger partial charge is 0.361 e. The number of pyridine rings is 1. The minimum Gasteiger partial charge on any atom is -0.361 e. The maximum Gasteiger partial charge on any atom is 0.248 e. The van der Waals surface area contributed by atoms with Gasteiger partial charge in [-0.1, -0.05) is 18.2 Å². The van der Waals surface area contributed by atoms with E-state index in [1.54, 1.807) is 6.07 Å². The van der Waals surface area contributed by atoms with Gasteiger partial charge in [-0.15, -0.1) is 0 Å². The molecule has 5 heteroatoms. The van der Waals surface area contributed by atoms with E-state index in [0.717, 1.165) is 48.9 Å². The van der Waals surface area contributed by atoms with Crippen LogP contribution in [0.1, 0.15) is 48.5 Å². The topological polar surface area (TPSA) is 77.8 Å². The monoisotopic (exact) mass is 349 g/mol. The Balaban J connectivity index is 1.34. The van der Waals surface area contributed by atoms with Gasteiger partial charge in [-0.25, -0.2) is 0 Å². The number of aryl methyl sites for hydroxylation is 2. The van der Waals surface area contributed by atoms with Crippen LogP contribution in [0.2, 0.25) is 0 Å². The molecule has 1 amide bonds. The van der Waals surface area contributed by atoms with Crippen LogP contribution in [0.3, 0.4) is 0 Å². The van der Waals surface area contributed by atoms with Crippen LogP contribution < -0.4 is 10.9 Å². The number of carbonyl (C=O) groups is 1. The van der Waals surface area contributed by atoms with Crippen LogP contribution in [-0.2, 0) is 17.6 Å². The summed E-state index contributed by atoms with van der Waals surface area (Å²) < 4.78 is 0. The van der Waals surface area contributed by atoms with Crippen molar-refractivity contribution in [3.8, 4) is 0 Å². The molecule has 26 heavy (non-hydrogen) atoms. The molecule has 1 aliphatic carbocycles. The predicted molar refractivity (Wildman–Crippen MR) is 102 cm³/mol. The summed E-state index contributed by atoms with van der Waals surface area (Å²) in [5, 5.41) is 4.38. The van der Waals surface area contributed by atoms with Crippen LogP contribution in [0, 0.1) is 0 Å². The Morgan fingerprint density at radius 1 is 1.19 bits per heavy atom. The average molecular weight is 349 g/mol. The van der Waals surface area contributed by atoms with Gasteiger partial charge in [-0.3, -0.25) is 9.59 Å². The zero-order valence-electron chi connectivity index (χ0n) is 14.7. The van der Waals surface area contributed by atoms with E-state index >= 15 is 0 Å². The maximum atomic E-state index is 12.4. The van der Waals surface area contributed by atoms with Gasteiger partial charge >= 0.3 is 0 Å². The van der Waals surface area contributed by atoms with Crippen LogP contribution in [0.15, 0.2) is 47.4 Å². The van der Waals surface area contributed by atoms with Crippen LogP contribution in [0.4, 0.5) is 0 Å². The van der Waals surface area contributed by atoms with Crippen molar-refractivity contribution in [2.24, 2.45) is 0 Å². The fourth-order valence-electron chi connectivity index (χ4n) is 3.89. The Hall–Kier alpha value is -2.82. The molecule has 134 valence electrons. The first kappa shape index (κ1) is 16.6. The zero-order valence-corrected chi connectivity index (χ0v) is 14.7. The summed E-state index contributed by atoms with van der Waals surface area (Å²) in [6, 6.07) is 11.6. The lowest BCUT2D eigenvalue weighted by Gasteiger charge is -2.25. The molecule has 4 rings (SSSR count). The van der Waals surface area contributed by atoms with Crippen molar-refractivity contribution < 1.29 is 4.79 Å². The van der Waals surface area contributed by atoms with Gasteiger partial charge in [0.25, 0.3) is 0 Å². The molecule has 0 radical (unpaired) electrons. The molecule has 2 aromatic heterocycles. The average Bonchev–Trinajstić information content (AvgIpc) is 3.05. The SMILES string of the molecule is O=C(CCCc1c[nH]c2ccccc12)N[C@@H]1CCCc2[nH]c(=O)ccc21. The second-order valence-corrected chi connectivity index (χ2v) is 6.98. The maximum absolute atomic E-state index is 12.4. The molecule has 0 saturated carbocycles. The molecule has 0 aliphatic heterocycles. The summed E-state index contributed by atoms with van der Waals surface area (Å²) in [4.78, 5) is 30.0. The molecular formula is C21H23N3O2. The van der Waals surface area contributed by atoms with Crippen molar-refractivity contribution in [2.75, 3.05) is 0 Å². The molecule has 3 aromatic rings. The highest BCUT2D eigenvalue weighted by atomic mass is 16.1. The smallest absolute Gasteiger partial charge is 0.248 e. The van der Waals surface area contributed by atoms with E-state index in [2.05, 4.69) is 27.4 Å². The third kappa shape index (κ3) is 3.43. The summed E-state index contributed by atoms with van der Waals surface area (Å²) in [5.41, 5.74) is 4.34. The van der Waals surface area contributed by atoms with Gasteiger partial charge in [0, 0.05) is 35.3 Å². The number of nitrogens with one attached hydrogen (secondary N) is 3. The number of fused-ring (bicyclic) bond motifs is 2. The van der Waals surface area contributed by atoms with E-state index in [1.165, 1.54) is 10.9 Å². The summed E-state index contributed by atoms with van der Waals surface area (Å²) in [6.07, 6.45) is 7.02. The van der Waals surface area contributed by atoms with Crippen molar-refractivity contribution in [2.45, 2.75) is 44.6 Å². The van der Waals surface area contributed by atoms with Crippen molar-refractivity contribution in [1.29, 1.82) is 0 Å². The molecule has 0 spiro atoms. The number of amides is 1. The van der Waals surface area contributed by atoms with Crippen LogP contribution in [0.5, 0.6) is 0 Å². The lowest BCUT2D eigenvalue weighted by Crippen LogP contribution is -2.32. The van der Waals surface area contributed by atoms with E-state index in [-0.39, 0.29) is 17.5 Å². The zero-order chi connectivity index (χ0) is 17.9. The van der Waals surface area contributed by atoms with Gasteiger partial charge in [0.05, 0.1) is 6.04 Å². The van der Waals surface area contributed by atoms with Crippen molar-refractivity contribution >= 4 is 16.8 Å². The number of hydrogen-bond acceptors (Lipinski definition) is 2. The highest BCUT2D eigenvalue weighted by Gasteiger charge is 2.22. The minimum atomic E-state index is -0.0746. The molecule has 0 unspecified atom stereocenters. The molecule has 2 heterocycles. The first-order valence-corrected chi connectivity index (χ1v) is 9.27. The Kier molecular flexibility index (Phi) is 4.61. The normalized spacial score (nSPS) is 16.4. The Labute approximate surface area is 151 Å². The minimum absolute atomic E-state index is 0.0104. The fourth-order valence-corrected chi connectivity index (χ4v) is 3.89. The molecule has 5 nitrogen and oxygen atoms in total. The number of H-pyrrole nitrogens is 2. The van der Waals surface area contributed by atoms with Crippen LogP contribution in [0.25, 0.3) is 10.9 Å². The summed E-state index contributed by atoms with van der Waals surface area (Å²) in [6.45, 7) is 0. The van der Waals surface area contributed by atoms with Crippen molar-refractivity contribution in [1.82, 2.24) is 15.3 Å². The summed E-state index contributed by atoms with van der Waals surface area (Å²) in [5.74, 6) is 0.0777. The van der Waals surface area contributed by atoms with E-state index in [0.29, 0.717) is 6.42 Å². The number of carbonyl (C=O) groups excluding carboxylic acids is 1. The molecular weight excluding hydrogens is 326 g/mol. The summed E-state index contributed by atoms with van der Waals surface area (Å²) in [7, 11) is 0. The number of aromatic nitrogens is 2. The Morgan fingerprint density at radius 2 is 2.08 bits per heavy atom. The number of para-hydroxylation sites is 1. The number of benzene rings is 1. The Bertz CT molecular complexity index is 986. The van der Waals surface area contributed by atoms with Gasteiger partial charge in [-0.2, -0.15) is 0 Å². The predicted octanol–water partition coefficient (Wildman–Crippen LogP) is 3.37. The van der Waals surface area contributed by atoms with E-state index in [9.17, 15) is 9.59 Å². The molecule has 0 bridgehead atoms. The lowest BCUT2D eigenvalue weighted by atomic mass is 9.91. The third-order valence-corrected chi connectivity index (χ3v) is 5.19. The second kappa shape index (κ2) is 7.20. The highest BCUT2D eigenvalue weighted by Crippen LogP contribution is 2.27. The van der Waals surface area contributed by atoms with E-state index in [4.69, 9.17) is 0 Å². The van der Waals surface area contributed by atoms with Crippen molar-refractivity contribution in [3.63, 3.8) is 0 Å². The lowest BCUT2D eigenvalue weighted by molar-refractivity contribution is -0.122. The van der Waals surface area contributed by atoms with Gasteiger partial charge in [-0.05, 0) is 55.4 Å². The molecule has 1 atom stereocenters. The second-order valence-electron chi connectivity index (χ2n) is 6.98. The van der Waals surface area contributed by atoms with Crippen LogP contribution in [-0.4, -0.2) is 15.9 Å². The molecule has 1 aliphatic rings. The Morgan fingerprint density at radius 3 is 3.00 bits per heavy atom. The first-order chi connectivity index (χ1) is 12.7. The molecule has 0 fully saturated rings. The molecule has 1 aromatic carbocycles. The van der Waals surface area contributed by atoms with Gasteiger partial charge in [0.15, 0.2) is 0 Å². The molecule has 3 N–H and O–H groups in total. The summed E-state index contributed by atoms with van der Waals surface area (Å²) >= 11 is 0.